The zero-order chi connectivity index (χ0) is 23.4. The van der Waals surface area contributed by atoms with Gasteiger partial charge >= 0.3 is 6.03 Å². The van der Waals surface area contributed by atoms with Crippen LogP contribution in [0.3, 0.4) is 0 Å². The number of fused-ring (bicyclic) bond motifs is 2. The Hall–Kier alpha value is -3.60. The number of amides is 2. The number of hydrogen-bond acceptors (Lipinski definition) is 2. The number of hydrogen-bond donors (Lipinski definition) is 1. The minimum atomic E-state index is 0.140. The number of aromatic nitrogens is 2. The van der Waals surface area contributed by atoms with E-state index in [1.165, 1.54) is 11.1 Å². The number of piperidine rings is 1. The minimum Gasteiger partial charge on any atom is -0.335 e. The van der Waals surface area contributed by atoms with E-state index in [9.17, 15) is 4.79 Å². The lowest BCUT2D eigenvalue weighted by Gasteiger charge is -2.32. The number of carbonyl (C=O) groups excluding carboxylic acids is 1. The second kappa shape index (κ2) is 8.26. The molecule has 5 nitrogen and oxygen atoms in total. The molecule has 3 aliphatic rings. The van der Waals surface area contributed by atoms with Crippen molar-refractivity contribution in [1.29, 1.82) is 0 Å². The first-order chi connectivity index (χ1) is 17.3. The SMILES string of the molecule is O=C(NC1C2C(c3ccccc3)C12)N1CCC(Cc2cccc(-n3cnc4ccccc43)c2)CC1. The molecule has 2 aliphatic carbocycles. The van der Waals surface area contributed by atoms with Crippen molar-refractivity contribution < 1.29 is 4.79 Å². The number of imidazole rings is 1. The van der Waals surface area contributed by atoms with Gasteiger partial charge in [0.05, 0.1) is 11.0 Å². The molecule has 2 unspecified atom stereocenters. The molecule has 0 spiro atoms. The van der Waals surface area contributed by atoms with Crippen molar-refractivity contribution in [1.82, 2.24) is 19.8 Å². The second-order valence-electron chi connectivity index (χ2n) is 10.5. The van der Waals surface area contributed by atoms with Crippen LogP contribution in [0.15, 0.2) is 85.2 Å². The fraction of sp³-hybridized carbons (Fsp3) is 0.333. The highest BCUT2D eigenvalue weighted by molar-refractivity contribution is 5.77. The molecule has 1 saturated heterocycles. The van der Waals surface area contributed by atoms with Crippen molar-refractivity contribution in [2.45, 2.75) is 31.2 Å². The molecule has 1 aliphatic heterocycles. The van der Waals surface area contributed by atoms with Crippen LogP contribution in [-0.4, -0.2) is 39.6 Å². The molecule has 5 heteroatoms. The van der Waals surface area contributed by atoms with E-state index < -0.39 is 0 Å². The Bertz CT molecular complexity index is 1360. The average molecular weight is 463 g/mol. The number of rotatable bonds is 5. The Morgan fingerprint density at radius 1 is 0.914 bits per heavy atom. The number of benzene rings is 3. The standard InChI is InChI=1S/C30H30N4O/c35-30(32-29-27-26(28(27)29)22-8-2-1-3-9-22)33-15-13-20(14-16-33)17-21-7-6-10-23(18-21)34-19-31-24-11-4-5-12-25(24)34/h1-12,18-20,26-29H,13-17H2,(H,32,35). The zero-order valence-electron chi connectivity index (χ0n) is 19.8. The van der Waals surface area contributed by atoms with Gasteiger partial charge in [0.1, 0.15) is 6.33 Å². The predicted molar refractivity (Wildman–Crippen MR) is 138 cm³/mol. The van der Waals surface area contributed by atoms with Gasteiger partial charge in [-0.2, -0.15) is 0 Å². The first-order valence-corrected chi connectivity index (χ1v) is 12.9. The van der Waals surface area contributed by atoms with Gasteiger partial charge in [-0.25, -0.2) is 9.78 Å². The van der Waals surface area contributed by atoms with Gasteiger partial charge in [-0.3, -0.25) is 4.57 Å². The Morgan fingerprint density at radius 3 is 2.51 bits per heavy atom. The molecule has 0 bridgehead atoms. The van der Waals surface area contributed by atoms with Crippen molar-refractivity contribution in [3.63, 3.8) is 0 Å². The number of para-hydroxylation sites is 2. The molecule has 2 atom stereocenters. The largest absolute Gasteiger partial charge is 0.335 e. The highest BCUT2D eigenvalue weighted by Gasteiger charge is 2.74. The van der Waals surface area contributed by atoms with Crippen LogP contribution in [0.4, 0.5) is 4.79 Å². The zero-order valence-corrected chi connectivity index (χ0v) is 19.8. The van der Waals surface area contributed by atoms with Gasteiger partial charge in [0.15, 0.2) is 0 Å². The summed E-state index contributed by atoms with van der Waals surface area (Å²) >= 11 is 0. The summed E-state index contributed by atoms with van der Waals surface area (Å²) in [6, 6.07) is 28.3. The maximum atomic E-state index is 12.8. The summed E-state index contributed by atoms with van der Waals surface area (Å²) < 4.78 is 2.16. The molecule has 4 aromatic rings. The third-order valence-corrected chi connectivity index (χ3v) is 8.36. The van der Waals surface area contributed by atoms with E-state index in [-0.39, 0.29) is 6.03 Å². The van der Waals surface area contributed by atoms with Gasteiger partial charge in [-0.1, -0.05) is 54.6 Å². The molecule has 1 aromatic heterocycles. The molecule has 2 heterocycles. The average Bonchev–Trinajstić information content (AvgIpc) is 3.77. The van der Waals surface area contributed by atoms with Gasteiger partial charge in [0.25, 0.3) is 0 Å². The van der Waals surface area contributed by atoms with Gasteiger partial charge in [0, 0.05) is 24.8 Å². The van der Waals surface area contributed by atoms with Gasteiger partial charge in [0.2, 0.25) is 0 Å². The van der Waals surface area contributed by atoms with Crippen LogP contribution < -0.4 is 5.32 Å². The van der Waals surface area contributed by atoms with Gasteiger partial charge in [-0.15, -0.1) is 0 Å². The van der Waals surface area contributed by atoms with Crippen molar-refractivity contribution in [2.24, 2.45) is 17.8 Å². The predicted octanol–water partition coefficient (Wildman–Crippen LogP) is 5.40. The lowest BCUT2D eigenvalue weighted by molar-refractivity contribution is 0.168. The van der Waals surface area contributed by atoms with Crippen LogP contribution in [-0.2, 0) is 6.42 Å². The molecule has 2 amide bonds. The van der Waals surface area contributed by atoms with E-state index in [0.717, 1.165) is 49.1 Å². The highest BCUT2D eigenvalue weighted by Crippen LogP contribution is 2.73. The normalized spacial score (nSPS) is 25.3. The summed E-state index contributed by atoms with van der Waals surface area (Å²) in [5.74, 6) is 2.62. The molecular weight excluding hydrogens is 432 g/mol. The van der Waals surface area contributed by atoms with Crippen molar-refractivity contribution >= 4 is 17.1 Å². The molecule has 7 rings (SSSR count). The molecule has 2 saturated carbocycles. The van der Waals surface area contributed by atoms with E-state index >= 15 is 0 Å². The topological polar surface area (TPSA) is 50.2 Å². The Morgan fingerprint density at radius 2 is 1.69 bits per heavy atom. The molecule has 3 aromatic carbocycles. The fourth-order valence-corrected chi connectivity index (χ4v) is 6.24. The molecular formula is C30H30N4O. The summed E-state index contributed by atoms with van der Waals surface area (Å²) in [4.78, 5) is 19.4. The Labute approximate surface area is 205 Å². The molecule has 0 radical (unpaired) electrons. The van der Waals surface area contributed by atoms with E-state index in [0.29, 0.717) is 29.7 Å². The maximum absolute atomic E-state index is 12.8. The second-order valence-corrected chi connectivity index (χ2v) is 10.5. The number of nitrogens with one attached hydrogen (secondary N) is 1. The van der Waals surface area contributed by atoms with Crippen LogP contribution in [0.2, 0.25) is 0 Å². The minimum absolute atomic E-state index is 0.140. The van der Waals surface area contributed by atoms with E-state index in [4.69, 9.17) is 0 Å². The summed E-state index contributed by atoms with van der Waals surface area (Å²) in [7, 11) is 0. The lowest BCUT2D eigenvalue weighted by Crippen LogP contribution is -2.46. The Kier molecular flexibility index (Phi) is 4.90. The Balaban J connectivity index is 0.920. The van der Waals surface area contributed by atoms with Crippen molar-refractivity contribution in [2.75, 3.05) is 13.1 Å². The smallest absolute Gasteiger partial charge is 0.317 e. The van der Waals surface area contributed by atoms with Crippen LogP contribution in [0.5, 0.6) is 0 Å². The lowest BCUT2D eigenvalue weighted by atomic mass is 9.90. The first kappa shape index (κ1) is 20.7. The van der Waals surface area contributed by atoms with E-state index in [1.807, 2.05) is 23.4 Å². The van der Waals surface area contributed by atoms with Crippen LogP contribution in [0.1, 0.15) is 29.9 Å². The molecule has 176 valence electrons. The molecule has 3 fully saturated rings. The van der Waals surface area contributed by atoms with Crippen molar-refractivity contribution in [3.8, 4) is 5.69 Å². The molecule has 1 N–H and O–H groups in total. The summed E-state index contributed by atoms with van der Waals surface area (Å²) in [5.41, 5.74) is 6.09. The van der Waals surface area contributed by atoms with Crippen LogP contribution >= 0.6 is 0 Å². The maximum Gasteiger partial charge on any atom is 0.317 e. The number of likely N-dealkylation sites (tertiary alicyclic amines) is 1. The summed E-state index contributed by atoms with van der Waals surface area (Å²) in [6.45, 7) is 1.71. The van der Waals surface area contributed by atoms with Crippen molar-refractivity contribution in [3.05, 3.63) is 96.3 Å². The molecule has 35 heavy (non-hydrogen) atoms. The monoisotopic (exact) mass is 462 g/mol. The van der Waals surface area contributed by atoms with Gasteiger partial charge < -0.3 is 10.2 Å². The van der Waals surface area contributed by atoms with Crippen LogP contribution in [0, 0.1) is 17.8 Å². The highest BCUT2D eigenvalue weighted by atomic mass is 16.2. The quantitative estimate of drug-likeness (QED) is 0.432. The summed E-state index contributed by atoms with van der Waals surface area (Å²) in [6.07, 6.45) is 5.10. The van der Waals surface area contributed by atoms with E-state index in [2.05, 4.69) is 81.6 Å². The fourth-order valence-electron chi connectivity index (χ4n) is 6.24. The number of nitrogens with zero attached hydrogens (tertiary/aromatic N) is 3. The van der Waals surface area contributed by atoms with Crippen LogP contribution in [0.25, 0.3) is 16.7 Å². The van der Waals surface area contributed by atoms with Gasteiger partial charge in [-0.05, 0) is 78.3 Å². The first-order valence-electron chi connectivity index (χ1n) is 12.9. The number of carbonyl (C=O) groups is 1. The third-order valence-electron chi connectivity index (χ3n) is 8.36. The number of urea groups is 1. The summed E-state index contributed by atoms with van der Waals surface area (Å²) in [5, 5.41) is 3.30. The van der Waals surface area contributed by atoms with E-state index in [1.54, 1.807) is 0 Å². The third kappa shape index (κ3) is 3.79.